The molecule has 0 spiro atoms. The van der Waals surface area contributed by atoms with Crippen molar-refractivity contribution in [2.24, 2.45) is 0 Å². The van der Waals surface area contributed by atoms with Gasteiger partial charge in [-0.25, -0.2) is 0 Å². The van der Waals surface area contributed by atoms with Crippen LogP contribution in [-0.4, -0.2) is 7.11 Å². The van der Waals surface area contributed by atoms with Gasteiger partial charge in [-0.3, -0.25) is 0 Å². The van der Waals surface area contributed by atoms with E-state index in [2.05, 4.69) is 40.9 Å². The van der Waals surface area contributed by atoms with Crippen molar-refractivity contribution in [3.05, 3.63) is 54.7 Å². The van der Waals surface area contributed by atoms with Crippen LogP contribution in [0.3, 0.4) is 0 Å². The first kappa shape index (κ1) is 11.7. The van der Waals surface area contributed by atoms with E-state index in [0.717, 1.165) is 11.3 Å². The molecule has 0 aliphatic carbocycles. The molecule has 3 aromatic rings. The van der Waals surface area contributed by atoms with Crippen molar-refractivity contribution in [3.8, 4) is 5.75 Å². The number of ether oxygens (including phenoxy) is 1. The highest BCUT2D eigenvalue weighted by molar-refractivity contribution is 5.78. The highest BCUT2D eigenvalue weighted by atomic mass is 35.5. The van der Waals surface area contributed by atoms with Crippen LogP contribution in [0.25, 0.3) is 16.4 Å². The Morgan fingerprint density at radius 3 is 2.65 bits per heavy atom. The first-order valence-electron chi connectivity index (χ1n) is 5.26. The number of hydrogen-bond acceptors (Lipinski definition) is 1. The van der Waals surface area contributed by atoms with E-state index in [1.165, 1.54) is 10.9 Å². The van der Waals surface area contributed by atoms with E-state index in [4.69, 9.17) is 4.74 Å². The normalized spacial score (nSPS) is 10.2. The maximum atomic E-state index is 5.26. The Morgan fingerprint density at radius 1 is 1.00 bits per heavy atom. The van der Waals surface area contributed by atoms with Crippen LogP contribution < -0.4 is 21.5 Å². The second kappa shape index (κ2) is 4.60. The Balaban J connectivity index is 0.00000108. The molecule has 0 atom stereocenters. The lowest BCUT2D eigenvalue weighted by Crippen LogP contribution is -3.00. The van der Waals surface area contributed by atoms with Crippen LogP contribution in [0, 0.1) is 0 Å². The molecule has 0 radical (unpaired) electrons. The average Bonchev–Trinajstić information content (AvgIpc) is 2.38. The van der Waals surface area contributed by atoms with Crippen LogP contribution in [0.5, 0.6) is 5.75 Å². The SMILES string of the molecule is COc1ccc2ccc3cccc[n+]3c2c1.[Cl-]. The molecule has 86 valence electrons. The molecule has 17 heavy (non-hydrogen) atoms. The molecule has 3 rings (SSSR count). The third-order valence-corrected chi connectivity index (χ3v) is 2.82. The largest absolute Gasteiger partial charge is 1.00 e. The van der Waals surface area contributed by atoms with E-state index in [0.29, 0.717) is 0 Å². The fraction of sp³-hybridized carbons (Fsp3) is 0.0714. The number of methoxy groups -OCH3 is 1. The Morgan fingerprint density at radius 2 is 1.82 bits per heavy atom. The van der Waals surface area contributed by atoms with Crippen molar-refractivity contribution in [2.45, 2.75) is 0 Å². The minimum Gasteiger partial charge on any atom is -1.00 e. The number of rotatable bonds is 1. The van der Waals surface area contributed by atoms with Crippen molar-refractivity contribution in [3.63, 3.8) is 0 Å². The Hall–Kier alpha value is -1.80. The quantitative estimate of drug-likeness (QED) is 0.420. The lowest BCUT2D eigenvalue weighted by Gasteiger charge is -2.00. The number of halogens is 1. The van der Waals surface area contributed by atoms with Gasteiger partial charge >= 0.3 is 0 Å². The molecule has 2 heterocycles. The molecule has 0 amide bonds. The lowest BCUT2D eigenvalue weighted by atomic mass is 10.2. The first-order chi connectivity index (χ1) is 7.88. The molecule has 0 unspecified atom stereocenters. The van der Waals surface area contributed by atoms with Gasteiger partial charge in [0.1, 0.15) is 5.75 Å². The lowest BCUT2D eigenvalue weighted by molar-refractivity contribution is -0.481. The van der Waals surface area contributed by atoms with Crippen molar-refractivity contribution in [2.75, 3.05) is 7.11 Å². The Labute approximate surface area is 106 Å². The third kappa shape index (κ3) is 1.92. The summed E-state index contributed by atoms with van der Waals surface area (Å²) in [6, 6.07) is 16.5. The molecule has 0 saturated carbocycles. The van der Waals surface area contributed by atoms with Crippen LogP contribution in [-0.2, 0) is 0 Å². The monoisotopic (exact) mass is 245 g/mol. The predicted molar refractivity (Wildman–Crippen MR) is 63.7 cm³/mol. The van der Waals surface area contributed by atoms with Crippen LogP contribution in [0.1, 0.15) is 0 Å². The predicted octanol–water partition coefficient (Wildman–Crippen LogP) is -0.409. The van der Waals surface area contributed by atoms with Crippen molar-refractivity contribution < 1.29 is 21.5 Å². The molecule has 0 fully saturated rings. The van der Waals surface area contributed by atoms with Crippen molar-refractivity contribution in [1.82, 2.24) is 0 Å². The second-order valence-electron chi connectivity index (χ2n) is 3.75. The third-order valence-electron chi connectivity index (χ3n) is 2.82. The van der Waals surface area contributed by atoms with Crippen LogP contribution in [0.2, 0.25) is 0 Å². The van der Waals surface area contributed by atoms with E-state index >= 15 is 0 Å². The number of aromatic nitrogens is 1. The van der Waals surface area contributed by atoms with Gasteiger partial charge in [-0.2, -0.15) is 4.40 Å². The second-order valence-corrected chi connectivity index (χ2v) is 3.75. The fourth-order valence-electron chi connectivity index (χ4n) is 1.99. The van der Waals surface area contributed by atoms with Crippen LogP contribution in [0.15, 0.2) is 54.7 Å². The zero-order valence-electron chi connectivity index (χ0n) is 9.43. The van der Waals surface area contributed by atoms with E-state index in [1.807, 2.05) is 18.2 Å². The maximum absolute atomic E-state index is 5.26. The molecule has 3 heteroatoms. The minimum absolute atomic E-state index is 0. The number of nitrogens with zero attached hydrogens (tertiary/aromatic N) is 1. The highest BCUT2D eigenvalue weighted by Crippen LogP contribution is 2.18. The standard InChI is InChI=1S/C14H12NO.ClH/c1-16-13-8-6-11-5-7-12-4-2-3-9-15(12)14(11)10-13;/h2-10H,1H3;1H/q+1;/p-1. The molecule has 0 aliphatic heterocycles. The summed E-state index contributed by atoms with van der Waals surface area (Å²) in [4.78, 5) is 0. The zero-order valence-corrected chi connectivity index (χ0v) is 10.2. The Kier molecular flexibility index (Phi) is 3.16. The Bertz CT molecular complexity index is 666. The van der Waals surface area contributed by atoms with Crippen LogP contribution in [0.4, 0.5) is 0 Å². The summed E-state index contributed by atoms with van der Waals surface area (Å²) in [5.74, 6) is 0.886. The highest BCUT2D eigenvalue weighted by Gasteiger charge is 2.08. The van der Waals surface area contributed by atoms with Gasteiger partial charge in [0.25, 0.3) is 0 Å². The molecule has 2 aromatic heterocycles. The van der Waals surface area contributed by atoms with Gasteiger partial charge in [-0.15, -0.1) is 0 Å². The number of hydrogen-bond donors (Lipinski definition) is 0. The summed E-state index contributed by atoms with van der Waals surface area (Å²) < 4.78 is 7.42. The summed E-state index contributed by atoms with van der Waals surface area (Å²) in [6.45, 7) is 0. The summed E-state index contributed by atoms with van der Waals surface area (Å²) in [7, 11) is 1.69. The summed E-state index contributed by atoms with van der Waals surface area (Å²) >= 11 is 0. The van der Waals surface area contributed by atoms with Gasteiger partial charge in [-0.1, -0.05) is 0 Å². The van der Waals surface area contributed by atoms with Crippen molar-refractivity contribution >= 4 is 16.4 Å². The van der Waals surface area contributed by atoms with E-state index in [9.17, 15) is 0 Å². The van der Waals surface area contributed by atoms with Gasteiger partial charge in [0.2, 0.25) is 11.0 Å². The van der Waals surface area contributed by atoms with Gasteiger partial charge < -0.3 is 17.1 Å². The van der Waals surface area contributed by atoms with E-state index < -0.39 is 0 Å². The van der Waals surface area contributed by atoms with Crippen molar-refractivity contribution in [1.29, 1.82) is 0 Å². The summed E-state index contributed by atoms with van der Waals surface area (Å²) in [5.41, 5.74) is 2.35. The number of fused-ring (bicyclic) bond motifs is 3. The molecule has 1 aromatic carbocycles. The molecule has 0 aliphatic rings. The number of pyridine rings is 2. The van der Waals surface area contributed by atoms with E-state index in [-0.39, 0.29) is 12.4 Å². The zero-order chi connectivity index (χ0) is 11.0. The van der Waals surface area contributed by atoms with Crippen LogP contribution >= 0.6 is 0 Å². The average molecular weight is 246 g/mol. The molecular formula is C14H12ClNO. The van der Waals surface area contributed by atoms with Gasteiger partial charge in [0.15, 0.2) is 6.20 Å². The fourth-order valence-corrected chi connectivity index (χ4v) is 1.99. The smallest absolute Gasteiger partial charge is 0.222 e. The molecule has 2 nitrogen and oxygen atoms in total. The van der Waals surface area contributed by atoms with Gasteiger partial charge in [-0.05, 0) is 24.3 Å². The molecular weight excluding hydrogens is 234 g/mol. The number of benzene rings is 1. The van der Waals surface area contributed by atoms with Gasteiger partial charge in [0, 0.05) is 23.6 Å². The van der Waals surface area contributed by atoms with E-state index in [1.54, 1.807) is 7.11 Å². The maximum Gasteiger partial charge on any atom is 0.222 e. The summed E-state index contributed by atoms with van der Waals surface area (Å²) in [6.07, 6.45) is 2.07. The molecule has 0 bridgehead atoms. The summed E-state index contributed by atoms with van der Waals surface area (Å²) in [5, 5.41) is 1.21. The first-order valence-corrected chi connectivity index (χ1v) is 5.26. The molecule has 0 saturated heterocycles. The minimum atomic E-state index is 0. The van der Waals surface area contributed by atoms with Gasteiger partial charge in [0.05, 0.1) is 13.2 Å². The topological polar surface area (TPSA) is 13.3 Å². The molecule has 0 N–H and O–H groups in total.